The molecule has 11 nitrogen and oxygen atoms in total. The largest absolute Gasteiger partial charge is 0.480 e. The molecule has 3 N–H and O–H groups in total. The summed E-state index contributed by atoms with van der Waals surface area (Å²) in [5.74, 6) is -1.92. The highest BCUT2D eigenvalue weighted by atomic mass is 16.5. The third-order valence-corrected chi connectivity index (χ3v) is 7.05. The van der Waals surface area contributed by atoms with E-state index in [0.717, 1.165) is 42.3 Å². The number of carbonyl (C=O) groups is 3. The van der Waals surface area contributed by atoms with Gasteiger partial charge in [0.2, 0.25) is 5.88 Å². The number of primary amides is 1. The third-order valence-electron chi connectivity index (χ3n) is 7.05. The van der Waals surface area contributed by atoms with Crippen molar-refractivity contribution < 1.29 is 23.9 Å². The van der Waals surface area contributed by atoms with Gasteiger partial charge in [-0.1, -0.05) is 19.1 Å². The molecule has 2 aliphatic heterocycles. The number of fused-ring (bicyclic) bond motifs is 1. The molecule has 0 spiro atoms. The smallest absolute Gasteiger partial charge is 0.313 e. The molecule has 0 aliphatic carbocycles. The van der Waals surface area contributed by atoms with Gasteiger partial charge >= 0.3 is 11.8 Å². The Morgan fingerprint density at radius 2 is 2.03 bits per heavy atom. The predicted molar refractivity (Wildman–Crippen MR) is 135 cm³/mol. The second-order valence-corrected chi connectivity index (χ2v) is 9.70. The number of hydrogen-bond acceptors (Lipinski definition) is 7. The highest BCUT2D eigenvalue weighted by Crippen LogP contribution is 2.35. The van der Waals surface area contributed by atoms with E-state index in [0.29, 0.717) is 13.2 Å². The Bertz CT molecular complexity index is 1350. The maximum atomic E-state index is 13.4. The number of methoxy groups -OCH3 is 1. The Hall–Kier alpha value is -3.99. The zero-order valence-corrected chi connectivity index (χ0v) is 20.8. The van der Waals surface area contributed by atoms with E-state index < -0.39 is 17.7 Å². The van der Waals surface area contributed by atoms with E-state index in [9.17, 15) is 14.4 Å². The molecule has 0 bridgehead atoms. The van der Waals surface area contributed by atoms with Gasteiger partial charge in [-0.25, -0.2) is 4.98 Å². The first kappa shape index (κ1) is 24.7. The Balaban J connectivity index is 1.37. The molecule has 11 heteroatoms. The van der Waals surface area contributed by atoms with E-state index in [1.807, 2.05) is 29.1 Å². The number of likely N-dealkylation sites (tertiary alicyclic amines) is 1. The van der Waals surface area contributed by atoms with Crippen LogP contribution in [0.4, 0.5) is 5.69 Å². The number of carbonyl (C=O) groups excluding carboxylic acids is 3. The number of rotatable bonds is 5. The van der Waals surface area contributed by atoms with Crippen molar-refractivity contribution in [3.05, 3.63) is 47.8 Å². The van der Waals surface area contributed by atoms with Gasteiger partial charge in [-0.3, -0.25) is 19.1 Å². The zero-order valence-electron chi connectivity index (χ0n) is 20.8. The fraction of sp³-hybridized carbons (Fsp3) is 0.423. The topological polar surface area (TPSA) is 142 Å². The molecular weight excluding hydrogens is 476 g/mol. The van der Waals surface area contributed by atoms with Crippen molar-refractivity contribution in [2.75, 3.05) is 32.2 Å². The molecule has 5 rings (SSSR count). The number of pyridine rings is 1. The van der Waals surface area contributed by atoms with E-state index in [2.05, 4.69) is 17.2 Å². The van der Waals surface area contributed by atoms with Crippen molar-refractivity contribution in [2.45, 2.75) is 38.3 Å². The third kappa shape index (κ3) is 4.99. The summed E-state index contributed by atoms with van der Waals surface area (Å²) in [5.41, 5.74) is 7.36. The number of anilines is 1. The van der Waals surface area contributed by atoms with Crippen LogP contribution in [-0.4, -0.2) is 64.3 Å². The number of nitrogens with one attached hydrogen (secondary N) is 1. The SMILES string of the molecule is COc1ncc(NC(=O)C(=O)N2C[C@@H](C)CC[C@@H]2c2ccc3cn([C@H]4CCOC4)nc3c2)cc1C(N)=O. The first-order valence-corrected chi connectivity index (χ1v) is 12.4. The quantitative estimate of drug-likeness (QED) is 0.506. The van der Waals surface area contributed by atoms with Crippen LogP contribution in [0, 0.1) is 5.92 Å². The predicted octanol–water partition coefficient (Wildman–Crippen LogP) is 2.44. The van der Waals surface area contributed by atoms with Gasteiger partial charge in [-0.05, 0) is 42.9 Å². The summed E-state index contributed by atoms with van der Waals surface area (Å²) < 4.78 is 12.5. The van der Waals surface area contributed by atoms with Crippen LogP contribution >= 0.6 is 0 Å². The van der Waals surface area contributed by atoms with E-state index in [-0.39, 0.29) is 35.1 Å². The Morgan fingerprint density at radius 3 is 2.76 bits per heavy atom. The minimum Gasteiger partial charge on any atom is -0.480 e. The van der Waals surface area contributed by atoms with Crippen molar-refractivity contribution >= 4 is 34.3 Å². The lowest BCUT2D eigenvalue weighted by molar-refractivity contribution is -0.146. The van der Waals surface area contributed by atoms with Crippen LogP contribution in [-0.2, 0) is 14.3 Å². The molecule has 0 unspecified atom stereocenters. The van der Waals surface area contributed by atoms with Crippen LogP contribution in [0.2, 0.25) is 0 Å². The maximum Gasteiger partial charge on any atom is 0.313 e. The van der Waals surface area contributed by atoms with Gasteiger partial charge in [0, 0.05) is 24.7 Å². The molecule has 2 saturated heterocycles. The van der Waals surface area contributed by atoms with Gasteiger partial charge in [-0.15, -0.1) is 0 Å². The van der Waals surface area contributed by atoms with Gasteiger partial charge in [0.25, 0.3) is 5.91 Å². The minimum atomic E-state index is -0.812. The van der Waals surface area contributed by atoms with Crippen molar-refractivity contribution in [3.63, 3.8) is 0 Å². The number of amides is 3. The second kappa shape index (κ2) is 10.2. The van der Waals surface area contributed by atoms with Crippen molar-refractivity contribution in [3.8, 4) is 5.88 Å². The molecule has 1 aromatic carbocycles. The van der Waals surface area contributed by atoms with Gasteiger partial charge in [0.05, 0.1) is 43.2 Å². The lowest BCUT2D eigenvalue weighted by Gasteiger charge is -2.38. The standard InChI is InChI=1S/C26H30N6O5/c1-15-3-6-22(16-4-5-17-13-32(30-21(17)9-16)19-7-8-37-14-19)31(12-15)26(35)24(34)29-18-10-20(23(27)33)25(36-2)28-11-18/h4-5,9-11,13,15,19,22H,3,6-8,12,14H2,1-2H3,(H2,27,33)(H,29,34)/t15-,19-,22+/m0/s1. The number of hydrogen-bond donors (Lipinski definition) is 2. The summed E-state index contributed by atoms with van der Waals surface area (Å²) in [4.78, 5) is 43.7. The van der Waals surface area contributed by atoms with Gasteiger partial charge < -0.3 is 25.4 Å². The zero-order chi connectivity index (χ0) is 26.1. The molecule has 3 atom stereocenters. The summed E-state index contributed by atoms with van der Waals surface area (Å²) in [7, 11) is 1.36. The van der Waals surface area contributed by atoms with Crippen LogP contribution < -0.4 is 15.8 Å². The number of benzene rings is 1. The van der Waals surface area contributed by atoms with Crippen molar-refractivity contribution in [2.24, 2.45) is 11.7 Å². The highest BCUT2D eigenvalue weighted by Gasteiger charge is 2.34. The summed E-state index contributed by atoms with van der Waals surface area (Å²) in [6.07, 6.45) is 5.95. The van der Waals surface area contributed by atoms with E-state index in [1.165, 1.54) is 19.4 Å². The summed E-state index contributed by atoms with van der Waals surface area (Å²) in [6.45, 7) is 3.91. The molecule has 194 valence electrons. The molecule has 37 heavy (non-hydrogen) atoms. The van der Waals surface area contributed by atoms with Crippen LogP contribution in [0.15, 0.2) is 36.7 Å². The lowest BCUT2D eigenvalue weighted by atomic mass is 9.89. The molecule has 3 aromatic rings. The van der Waals surface area contributed by atoms with Crippen molar-refractivity contribution in [1.29, 1.82) is 0 Å². The normalized spacial score (nSPS) is 21.7. The monoisotopic (exact) mass is 506 g/mol. The maximum absolute atomic E-state index is 13.4. The Morgan fingerprint density at radius 1 is 1.19 bits per heavy atom. The van der Waals surface area contributed by atoms with Crippen LogP contribution in [0.25, 0.3) is 10.9 Å². The first-order chi connectivity index (χ1) is 17.8. The van der Waals surface area contributed by atoms with Gasteiger partial charge in [0.15, 0.2) is 0 Å². The summed E-state index contributed by atoms with van der Waals surface area (Å²) in [6, 6.07) is 7.34. The highest BCUT2D eigenvalue weighted by molar-refractivity contribution is 6.39. The van der Waals surface area contributed by atoms with Crippen LogP contribution in [0.1, 0.15) is 54.2 Å². The summed E-state index contributed by atoms with van der Waals surface area (Å²) in [5, 5.41) is 8.34. The Kier molecular flexibility index (Phi) is 6.79. The molecule has 4 heterocycles. The molecule has 0 saturated carbocycles. The average Bonchev–Trinajstić information content (AvgIpc) is 3.57. The fourth-order valence-electron chi connectivity index (χ4n) is 5.08. The average molecular weight is 507 g/mol. The number of aromatic nitrogens is 3. The fourth-order valence-corrected chi connectivity index (χ4v) is 5.08. The number of piperidine rings is 1. The first-order valence-electron chi connectivity index (χ1n) is 12.4. The Labute approximate surface area is 213 Å². The second-order valence-electron chi connectivity index (χ2n) is 9.70. The van der Waals surface area contributed by atoms with Crippen molar-refractivity contribution in [1.82, 2.24) is 19.7 Å². The number of nitrogens with zero attached hydrogens (tertiary/aromatic N) is 4. The van der Waals surface area contributed by atoms with E-state index >= 15 is 0 Å². The van der Waals surface area contributed by atoms with E-state index in [4.69, 9.17) is 20.3 Å². The molecule has 2 aromatic heterocycles. The summed E-state index contributed by atoms with van der Waals surface area (Å²) >= 11 is 0. The molecule has 0 radical (unpaired) electrons. The number of ether oxygens (including phenoxy) is 2. The molecule has 2 aliphatic rings. The lowest BCUT2D eigenvalue weighted by Crippen LogP contribution is -2.46. The molecular formula is C26H30N6O5. The van der Waals surface area contributed by atoms with Crippen LogP contribution in [0.3, 0.4) is 0 Å². The minimum absolute atomic E-state index is 0.00845. The van der Waals surface area contributed by atoms with Crippen LogP contribution in [0.5, 0.6) is 5.88 Å². The number of nitrogens with two attached hydrogens (primary N) is 1. The van der Waals surface area contributed by atoms with Gasteiger partial charge in [-0.2, -0.15) is 5.10 Å². The molecule has 2 fully saturated rings. The van der Waals surface area contributed by atoms with E-state index in [1.54, 1.807) is 4.90 Å². The molecule has 3 amide bonds. The van der Waals surface area contributed by atoms with Gasteiger partial charge in [0.1, 0.15) is 5.56 Å².